The molecule has 0 radical (unpaired) electrons. The molecular formula is C14H18Br2N2O2. The predicted octanol–water partition coefficient (Wildman–Crippen LogP) is 2.76. The second kappa shape index (κ2) is 7.43. The van der Waals surface area contributed by atoms with E-state index in [0.717, 1.165) is 39.5 Å². The van der Waals surface area contributed by atoms with Crippen LogP contribution in [0.5, 0.6) is 5.75 Å². The average molecular weight is 406 g/mol. The van der Waals surface area contributed by atoms with Gasteiger partial charge in [-0.3, -0.25) is 4.79 Å². The molecule has 0 heterocycles. The molecule has 1 aromatic carbocycles. The Labute approximate surface area is 135 Å². The number of amides is 1. The van der Waals surface area contributed by atoms with Gasteiger partial charge in [0, 0.05) is 6.04 Å². The van der Waals surface area contributed by atoms with Crippen molar-refractivity contribution in [1.29, 1.82) is 0 Å². The third kappa shape index (κ3) is 4.75. The molecule has 1 aliphatic carbocycles. The molecule has 110 valence electrons. The third-order valence-corrected chi connectivity index (χ3v) is 4.19. The number of nitrogens with two attached hydrogens (primary N) is 1. The molecule has 1 aromatic rings. The summed E-state index contributed by atoms with van der Waals surface area (Å²) in [4.78, 5) is 11.6. The Morgan fingerprint density at radius 2 is 2.00 bits per heavy atom. The van der Waals surface area contributed by atoms with Gasteiger partial charge in [-0.05, 0) is 75.4 Å². The highest BCUT2D eigenvalue weighted by Crippen LogP contribution is 2.35. The van der Waals surface area contributed by atoms with Gasteiger partial charge in [-0.15, -0.1) is 0 Å². The first-order valence-electron chi connectivity index (χ1n) is 6.70. The van der Waals surface area contributed by atoms with Crippen molar-refractivity contribution in [2.24, 2.45) is 5.73 Å². The molecule has 0 aromatic heterocycles. The van der Waals surface area contributed by atoms with E-state index in [4.69, 9.17) is 10.5 Å². The van der Waals surface area contributed by atoms with Crippen LogP contribution in [-0.2, 0) is 11.2 Å². The van der Waals surface area contributed by atoms with Crippen molar-refractivity contribution >= 4 is 37.8 Å². The summed E-state index contributed by atoms with van der Waals surface area (Å²) in [5.74, 6) is 0.782. The molecule has 0 bridgehead atoms. The summed E-state index contributed by atoms with van der Waals surface area (Å²) in [5.41, 5.74) is 6.69. The van der Waals surface area contributed by atoms with Crippen LogP contribution < -0.4 is 15.8 Å². The van der Waals surface area contributed by atoms with Crippen molar-refractivity contribution in [3.8, 4) is 5.75 Å². The van der Waals surface area contributed by atoms with Crippen molar-refractivity contribution in [1.82, 2.24) is 5.32 Å². The van der Waals surface area contributed by atoms with Crippen LogP contribution in [0.4, 0.5) is 0 Å². The van der Waals surface area contributed by atoms with Crippen LogP contribution in [0.15, 0.2) is 21.1 Å². The highest BCUT2D eigenvalue weighted by molar-refractivity contribution is 9.11. The Hall–Kier alpha value is -0.590. The van der Waals surface area contributed by atoms with Crippen molar-refractivity contribution in [3.63, 3.8) is 0 Å². The molecule has 2 rings (SSSR count). The van der Waals surface area contributed by atoms with E-state index in [0.29, 0.717) is 25.6 Å². The Kier molecular flexibility index (Phi) is 5.86. The second-order valence-corrected chi connectivity index (χ2v) is 6.58. The van der Waals surface area contributed by atoms with E-state index in [9.17, 15) is 4.79 Å². The van der Waals surface area contributed by atoms with Crippen molar-refractivity contribution in [2.75, 3.05) is 13.2 Å². The van der Waals surface area contributed by atoms with Gasteiger partial charge in [0.2, 0.25) is 5.91 Å². The highest BCUT2D eigenvalue weighted by atomic mass is 79.9. The first-order chi connectivity index (χ1) is 9.60. The minimum atomic E-state index is 0.0551. The number of ether oxygens (including phenoxy) is 1. The van der Waals surface area contributed by atoms with E-state index in [2.05, 4.69) is 37.2 Å². The lowest BCUT2D eigenvalue weighted by Crippen LogP contribution is -2.26. The highest BCUT2D eigenvalue weighted by Gasteiger charge is 2.23. The maximum absolute atomic E-state index is 11.6. The van der Waals surface area contributed by atoms with Gasteiger partial charge in [0.1, 0.15) is 5.75 Å². The van der Waals surface area contributed by atoms with Gasteiger partial charge in [0.25, 0.3) is 0 Å². The molecule has 1 amide bonds. The predicted molar refractivity (Wildman–Crippen MR) is 85.9 cm³/mol. The lowest BCUT2D eigenvalue weighted by atomic mass is 10.1. The van der Waals surface area contributed by atoms with Crippen LogP contribution in [0.25, 0.3) is 0 Å². The molecule has 20 heavy (non-hydrogen) atoms. The van der Waals surface area contributed by atoms with Crippen LogP contribution in [0.3, 0.4) is 0 Å². The van der Waals surface area contributed by atoms with Gasteiger partial charge in [-0.1, -0.05) is 0 Å². The summed E-state index contributed by atoms with van der Waals surface area (Å²) in [6, 6.07) is 4.39. The molecule has 3 N–H and O–H groups in total. The SMILES string of the molecule is NCCc1cc(Br)c(OCCC(=O)NC2CC2)c(Br)c1. The fraction of sp³-hybridized carbons (Fsp3) is 0.500. The molecule has 0 unspecified atom stereocenters. The standard InChI is InChI=1S/C14H18Br2N2O2/c15-11-7-9(3-5-17)8-12(16)14(11)20-6-4-13(19)18-10-1-2-10/h7-8,10H,1-6,17H2,(H,18,19). The molecule has 1 saturated carbocycles. The summed E-state index contributed by atoms with van der Waals surface area (Å²) in [6.07, 6.45) is 3.40. The van der Waals surface area contributed by atoms with E-state index >= 15 is 0 Å². The molecule has 0 atom stereocenters. The summed E-state index contributed by atoms with van der Waals surface area (Å²) in [5, 5.41) is 2.94. The van der Waals surface area contributed by atoms with Gasteiger partial charge >= 0.3 is 0 Å². The Morgan fingerprint density at radius 3 is 2.55 bits per heavy atom. The number of hydrogen-bond donors (Lipinski definition) is 2. The molecule has 1 fully saturated rings. The summed E-state index contributed by atoms with van der Waals surface area (Å²) in [7, 11) is 0. The Bertz CT molecular complexity index is 467. The molecule has 0 saturated heterocycles. The zero-order valence-corrected chi connectivity index (χ0v) is 14.3. The van der Waals surface area contributed by atoms with Gasteiger partial charge in [0.15, 0.2) is 0 Å². The first kappa shape index (κ1) is 15.8. The minimum Gasteiger partial charge on any atom is -0.491 e. The number of carbonyl (C=O) groups is 1. The van der Waals surface area contributed by atoms with Gasteiger partial charge < -0.3 is 15.8 Å². The van der Waals surface area contributed by atoms with E-state index in [-0.39, 0.29) is 5.91 Å². The summed E-state index contributed by atoms with van der Waals surface area (Å²) < 4.78 is 7.43. The zero-order valence-electron chi connectivity index (χ0n) is 11.1. The topological polar surface area (TPSA) is 64.3 Å². The van der Waals surface area contributed by atoms with Crippen molar-refractivity contribution < 1.29 is 9.53 Å². The fourth-order valence-electron chi connectivity index (χ4n) is 1.83. The van der Waals surface area contributed by atoms with Crippen LogP contribution in [-0.4, -0.2) is 25.1 Å². The fourth-order valence-corrected chi connectivity index (χ4v) is 3.34. The smallest absolute Gasteiger partial charge is 0.223 e. The van der Waals surface area contributed by atoms with Crippen molar-refractivity contribution in [3.05, 3.63) is 26.6 Å². The summed E-state index contributed by atoms with van der Waals surface area (Å²) >= 11 is 6.98. The number of hydrogen-bond acceptors (Lipinski definition) is 3. The van der Waals surface area contributed by atoms with Crippen LogP contribution >= 0.6 is 31.9 Å². The lowest BCUT2D eigenvalue weighted by Gasteiger charge is -2.12. The largest absolute Gasteiger partial charge is 0.491 e. The minimum absolute atomic E-state index is 0.0551. The Balaban J connectivity index is 1.86. The van der Waals surface area contributed by atoms with Crippen LogP contribution in [0.2, 0.25) is 0 Å². The number of rotatable bonds is 7. The quantitative estimate of drug-likeness (QED) is 0.732. The van der Waals surface area contributed by atoms with Crippen LogP contribution in [0.1, 0.15) is 24.8 Å². The second-order valence-electron chi connectivity index (χ2n) is 4.87. The van der Waals surface area contributed by atoms with Gasteiger partial charge in [0.05, 0.1) is 22.0 Å². The van der Waals surface area contributed by atoms with Crippen LogP contribution in [0, 0.1) is 0 Å². The maximum Gasteiger partial charge on any atom is 0.223 e. The van der Waals surface area contributed by atoms with E-state index in [1.807, 2.05) is 12.1 Å². The number of nitrogens with one attached hydrogen (secondary N) is 1. The third-order valence-electron chi connectivity index (χ3n) is 3.01. The molecule has 0 aliphatic heterocycles. The molecule has 0 spiro atoms. The zero-order chi connectivity index (χ0) is 14.5. The Morgan fingerprint density at radius 1 is 1.35 bits per heavy atom. The molecule has 6 heteroatoms. The average Bonchev–Trinajstić information content (AvgIpc) is 3.17. The number of benzene rings is 1. The molecule has 1 aliphatic rings. The lowest BCUT2D eigenvalue weighted by molar-refractivity contribution is -0.121. The van der Waals surface area contributed by atoms with E-state index in [1.165, 1.54) is 0 Å². The van der Waals surface area contributed by atoms with Gasteiger partial charge in [-0.2, -0.15) is 0 Å². The van der Waals surface area contributed by atoms with E-state index in [1.54, 1.807) is 0 Å². The number of halogens is 2. The normalized spacial score (nSPS) is 14.2. The number of carbonyl (C=O) groups excluding carboxylic acids is 1. The molecular weight excluding hydrogens is 388 g/mol. The maximum atomic E-state index is 11.6. The molecule has 4 nitrogen and oxygen atoms in total. The van der Waals surface area contributed by atoms with Gasteiger partial charge in [-0.25, -0.2) is 0 Å². The van der Waals surface area contributed by atoms with E-state index < -0.39 is 0 Å². The monoisotopic (exact) mass is 404 g/mol. The summed E-state index contributed by atoms with van der Waals surface area (Å²) in [6.45, 7) is 0.979. The van der Waals surface area contributed by atoms with Crippen molar-refractivity contribution in [2.45, 2.75) is 31.7 Å². The first-order valence-corrected chi connectivity index (χ1v) is 8.29.